The number of carbonyl (C=O) groups is 1. The Bertz CT molecular complexity index is 612. The van der Waals surface area contributed by atoms with Crippen molar-refractivity contribution < 1.29 is 14.6 Å². The topological polar surface area (TPSA) is 58.6 Å². The lowest BCUT2D eigenvalue weighted by Crippen LogP contribution is -2.44. The molecule has 1 aromatic carbocycles. The zero-order valence-electron chi connectivity index (χ0n) is 11.7. The van der Waals surface area contributed by atoms with Crippen LogP contribution in [-0.2, 0) is 16.8 Å². The number of benzene rings is 1. The molecule has 1 amide bonds. The molecule has 21 heavy (non-hydrogen) atoms. The maximum absolute atomic E-state index is 12.2. The van der Waals surface area contributed by atoms with Gasteiger partial charge in [-0.15, -0.1) is 0 Å². The van der Waals surface area contributed by atoms with Gasteiger partial charge in [0.25, 0.3) is 5.91 Å². The molecule has 1 aromatic heterocycles. The van der Waals surface area contributed by atoms with Crippen LogP contribution in [0.4, 0.5) is 0 Å². The molecule has 5 heteroatoms. The summed E-state index contributed by atoms with van der Waals surface area (Å²) in [5.41, 5.74) is 0.784. The van der Waals surface area contributed by atoms with Crippen LogP contribution in [0, 0.1) is 0 Å². The number of amides is 1. The number of hydrogen-bond donors (Lipinski definition) is 2. The minimum absolute atomic E-state index is 0.165. The monoisotopic (exact) mass is 303 g/mol. The predicted molar refractivity (Wildman–Crippen MR) is 81.5 cm³/mol. The van der Waals surface area contributed by atoms with Gasteiger partial charge in [0.1, 0.15) is 11.4 Å². The molecule has 0 fully saturated rings. The number of hydrogen-bond acceptors (Lipinski definition) is 4. The summed E-state index contributed by atoms with van der Waals surface area (Å²) in [4.78, 5) is 12.2. The summed E-state index contributed by atoms with van der Waals surface area (Å²) in [6.45, 7) is 1.86. The van der Waals surface area contributed by atoms with Crippen LogP contribution < -0.4 is 10.1 Å². The van der Waals surface area contributed by atoms with Gasteiger partial charge in [0.05, 0.1) is 6.54 Å². The van der Waals surface area contributed by atoms with Gasteiger partial charge in [-0.05, 0) is 40.9 Å². The molecule has 2 heterocycles. The molecule has 3 rings (SSSR count). The lowest BCUT2D eigenvalue weighted by atomic mass is 9.99. The molecule has 0 bridgehead atoms. The molecule has 1 aliphatic heterocycles. The third kappa shape index (κ3) is 2.94. The van der Waals surface area contributed by atoms with Crippen molar-refractivity contribution in [3.63, 3.8) is 0 Å². The number of ether oxygens (including phenoxy) is 1. The van der Waals surface area contributed by atoms with E-state index in [0.29, 0.717) is 6.42 Å². The number of thiophene rings is 1. The summed E-state index contributed by atoms with van der Waals surface area (Å²) < 4.78 is 5.63. The Morgan fingerprint density at radius 1 is 1.48 bits per heavy atom. The van der Waals surface area contributed by atoms with Crippen LogP contribution in [-0.4, -0.2) is 23.7 Å². The van der Waals surface area contributed by atoms with E-state index in [9.17, 15) is 9.90 Å². The number of nitrogens with one attached hydrogen (secondary N) is 1. The summed E-state index contributed by atoms with van der Waals surface area (Å²) in [7, 11) is 0. The van der Waals surface area contributed by atoms with E-state index in [0.717, 1.165) is 16.9 Å². The average molecular weight is 303 g/mol. The van der Waals surface area contributed by atoms with Crippen LogP contribution in [0.25, 0.3) is 0 Å². The summed E-state index contributed by atoms with van der Waals surface area (Å²) >= 11 is 1.52. The first-order valence-electron chi connectivity index (χ1n) is 6.83. The quantitative estimate of drug-likeness (QED) is 0.909. The Morgan fingerprint density at radius 2 is 2.29 bits per heavy atom. The van der Waals surface area contributed by atoms with E-state index < -0.39 is 11.7 Å². The molecule has 0 saturated heterocycles. The Hall–Kier alpha value is -1.85. The van der Waals surface area contributed by atoms with Gasteiger partial charge in [-0.25, -0.2) is 0 Å². The van der Waals surface area contributed by atoms with Crippen molar-refractivity contribution in [2.24, 2.45) is 0 Å². The van der Waals surface area contributed by atoms with E-state index in [1.165, 1.54) is 11.3 Å². The number of fused-ring (bicyclic) bond motifs is 1. The molecular formula is C16H17NO3S. The van der Waals surface area contributed by atoms with Gasteiger partial charge in [0.15, 0.2) is 6.10 Å². The van der Waals surface area contributed by atoms with Crippen molar-refractivity contribution in [3.05, 3.63) is 52.2 Å². The molecule has 0 unspecified atom stereocenters. The number of para-hydroxylation sites is 1. The Balaban J connectivity index is 1.59. The van der Waals surface area contributed by atoms with Gasteiger partial charge in [-0.2, -0.15) is 11.3 Å². The highest BCUT2D eigenvalue weighted by Gasteiger charge is 2.31. The zero-order valence-corrected chi connectivity index (χ0v) is 12.5. The van der Waals surface area contributed by atoms with Crippen LogP contribution >= 0.6 is 11.3 Å². The molecule has 110 valence electrons. The number of carbonyl (C=O) groups excluding carboxylic acids is 1. The zero-order chi connectivity index (χ0) is 14.9. The molecule has 0 aliphatic carbocycles. The molecule has 2 N–H and O–H groups in total. The fourth-order valence-corrected chi connectivity index (χ4v) is 3.16. The third-order valence-corrected chi connectivity index (χ3v) is 4.37. The largest absolute Gasteiger partial charge is 0.480 e. The maximum Gasteiger partial charge on any atom is 0.261 e. The predicted octanol–water partition coefficient (Wildman–Crippen LogP) is 2.08. The minimum Gasteiger partial charge on any atom is -0.480 e. The van der Waals surface area contributed by atoms with Crippen molar-refractivity contribution in [1.29, 1.82) is 0 Å². The lowest BCUT2D eigenvalue weighted by molar-refractivity contribution is -0.128. The molecular weight excluding hydrogens is 286 g/mol. The minimum atomic E-state index is -1.07. The Morgan fingerprint density at radius 3 is 3.00 bits per heavy atom. The van der Waals surface area contributed by atoms with E-state index in [1.54, 1.807) is 6.92 Å². The molecule has 0 saturated carbocycles. The molecule has 0 spiro atoms. The SMILES string of the molecule is C[C@@](O)(CNC(=O)[C@@H]1Cc2ccccc2O1)c1ccsc1. The van der Waals surface area contributed by atoms with Crippen molar-refractivity contribution in [2.45, 2.75) is 25.0 Å². The highest BCUT2D eigenvalue weighted by Crippen LogP contribution is 2.28. The smallest absolute Gasteiger partial charge is 0.261 e. The molecule has 0 radical (unpaired) electrons. The molecule has 2 atom stereocenters. The van der Waals surface area contributed by atoms with Gasteiger partial charge in [0.2, 0.25) is 0 Å². The van der Waals surface area contributed by atoms with Gasteiger partial charge in [-0.3, -0.25) is 4.79 Å². The lowest BCUT2D eigenvalue weighted by Gasteiger charge is -2.23. The standard InChI is InChI=1S/C16H17NO3S/c1-16(19,12-6-7-21-9-12)10-17-15(18)14-8-11-4-2-3-5-13(11)20-14/h2-7,9,14,19H,8,10H2,1H3,(H,17,18)/t14-,16+/m0/s1. The van der Waals surface area contributed by atoms with E-state index in [4.69, 9.17) is 4.74 Å². The van der Waals surface area contributed by atoms with E-state index in [2.05, 4.69) is 5.32 Å². The normalized spacial score (nSPS) is 19.4. The van der Waals surface area contributed by atoms with Crippen molar-refractivity contribution in [1.82, 2.24) is 5.32 Å². The summed E-state index contributed by atoms with van der Waals surface area (Å²) in [5.74, 6) is 0.573. The van der Waals surface area contributed by atoms with Crippen molar-refractivity contribution >= 4 is 17.2 Å². The second kappa shape index (κ2) is 5.50. The van der Waals surface area contributed by atoms with Crippen molar-refractivity contribution in [2.75, 3.05) is 6.54 Å². The average Bonchev–Trinajstić information content (AvgIpc) is 3.13. The second-order valence-electron chi connectivity index (χ2n) is 5.42. The van der Waals surface area contributed by atoms with Crippen molar-refractivity contribution in [3.8, 4) is 5.75 Å². The molecule has 1 aliphatic rings. The fourth-order valence-electron chi connectivity index (χ4n) is 2.37. The summed E-state index contributed by atoms with van der Waals surface area (Å²) in [6.07, 6.45) is 0.0588. The van der Waals surface area contributed by atoms with E-state index in [1.807, 2.05) is 41.1 Å². The highest BCUT2D eigenvalue weighted by atomic mass is 32.1. The van der Waals surface area contributed by atoms with Gasteiger partial charge < -0.3 is 15.2 Å². The second-order valence-corrected chi connectivity index (χ2v) is 6.20. The van der Waals surface area contributed by atoms with Crippen LogP contribution in [0.1, 0.15) is 18.1 Å². The van der Waals surface area contributed by atoms with Gasteiger partial charge in [-0.1, -0.05) is 18.2 Å². The van der Waals surface area contributed by atoms with Crippen LogP contribution in [0.3, 0.4) is 0 Å². The maximum atomic E-state index is 12.2. The number of aliphatic hydroxyl groups is 1. The first-order valence-corrected chi connectivity index (χ1v) is 7.78. The highest BCUT2D eigenvalue weighted by molar-refractivity contribution is 7.08. The van der Waals surface area contributed by atoms with Crippen LogP contribution in [0.15, 0.2) is 41.1 Å². The van der Waals surface area contributed by atoms with E-state index in [-0.39, 0.29) is 12.5 Å². The Labute approximate surface area is 127 Å². The molecule has 2 aromatic rings. The van der Waals surface area contributed by atoms with E-state index >= 15 is 0 Å². The van der Waals surface area contributed by atoms with Gasteiger partial charge >= 0.3 is 0 Å². The van der Waals surface area contributed by atoms with Gasteiger partial charge in [0, 0.05) is 6.42 Å². The van der Waals surface area contributed by atoms with Crippen LogP contribution in [0.5, 0.6) is 5.75 Å². The third-order valence-electron chi connectivity index (χ3n) is 3.69. The van der Waals surface area contributed by atoms with Crippen LogP contribution in [0.2, 0.25) is 0 Å². The summed E-state index contributed by atoms with van der Waals surface area (Å²) in [5, 5.41) is 17.0. The number of rotatable bonds is 4. The fraction of sp³-hybridized carbons (Fsp3) is 0.312. The summed E-state index contributed by atoms with van der Waals surface area (Å²) in [6, 6.07) is 9.51. The molecule has 4 nitrogen and oxygen atoms in total. The Kier molecular flexibility index (Phi) is 3.69. The first kappa shape index (κ1) is 14.1. The first-order chi connectivity index (χ1) is 10.1.